The first kappa shape index (κ1) is 19.5. The van der Waals surface area contributed by atoms with E-state index < -0.39 is 15.9 Å². The average Bonchev–Trinajstić information content (AvgIpc) is 2.94. The second-order valence-electron chi connectivity index (χ2n) is 6.86. The molecule has 1 aromatic rings. The van der Waals surface area contributed by atoms with E-state index >= 15 is 0 Å². The highest BCUT2D eigenvalue weighted by molar-refractivity contribution is 7.97. The van der Waals surface area contributed by atoms with Crippen LogP contribution in [0.25, 0.3) is 5.57 Å². The molecule has 0 saturated carbocycles. The molecular formula is C19H26N2O5S. The molecule has 1 amide bonds. The molecule has 2 heterocycles. The third kappa shape index (κ3) is 3.26. The fourth-order valence-corrected chi connectivity index (χ4v) is 5.23. The molecule has 0 aliphatic carbocycles. The molecular weight excluding hydrogens is 368 g/mol. The quantitative estimate of drug-likeness (QED) is 0.788. The van der Waals surface area contributed by atoms with E-state index in [9.17, 15) is 13.2 Å². The molecule has 2 aliphatic rings. The van der Waals surface area contributed by atoms with Crippen LogP contribution in [0, 0.1) is 0 Å². The highest BCUT2D eigenvalue weighted by Gasteiger charge is 2.40. The van der Waals surface area contributed by atoms with Crippen molar-refractivity contribution in [3.63, 3.8) is 0 Å². The number of benzene rings is 1. The first-order valence-corrected chi connectivity index (χ1v) is 10.5. The molecule has 0 radical (unpaired) electrons. The van der Waals surface area contributed by atoms with Crippen LogP contribution in [-0.2, 0) is 14.8 Å². The summed E-state index contributed by atoms with van der Waals surface area (Å²) < 4.78 is 38.1. The Bertz CT molecular complexity index is 884. The monoisotopic (exact) mass is 394 g/mol. The summed E-state index contributed by atoms with van der Waals surface area (Å²) >= 11 is 0. The van der Waals surface area contributed by atoms with Gasteiger partial charge in [0.05, 0.1) is 19.9 Å². The van der Waals surface area contributed by atoms with E-state index in [0.717, 1.165) is 30.0 Å². The number of sulfonamides is 1. The minimum absolute atomic E-state index is 0.147. The Morgan fingerprint density at radius 3 is 2.11 bits per heavy atom. The van der Waals surface area contributed by atoms with Gasteiger partial charge in [0, 0.05) is 31.8 Å². The second kappa shape index (κ2) is 7.42. The normalized spacial score (nSPS) is 19.4. The highest BCUT2D eigenvalue weighted by atomic mass is 32.2. The molecule has 148 valence electrons. The van der Waals surface area contributed by atoms with Gasteiger partial charge in [-0.05, 0) is 31.4 Å². The third-order valence-electron chi connectivity index (χ3n) is 5.29. The molecule has 0 spiro atoms. The maximum absolute atomic E-state index is 13.2. The van der Waals surface area contributed by atoms with E-state index in [0.29, 0.717) is 41.4 Å². The van der Waals surface area contributed by atoms with Crippen LogP contribution in [-0.4, -0.2) is 53.6 Å². The summed E-state index contributed by atoms with van der Waals surface area (Å²) in [7, 11) is 0.538. The van der Waals surface area contributed by atoms with Crippen molar-refractivity contribution < 1.29 is 22.7 Å². The number of hydrogen-bond acceptors (Lipinski definition) is 5. The lowest BCUT2D eigenvalue weighted by Crippen LogP contribution is -2.41. The third-order valence-corrected chi connectivity index (χ3v) is 7.21. The van der Waals surface area contributed by atoms with E-state index in [4.69, 9.17) is 9.47 Å². The van der Waals surface area contributed by atoms with Gasteiger partial charge in [-0.15, -0.1) is 0 Å². The van der Waals surface area contributed by atoms with Crippen LogP contribution in [0.2, 0.25) is 0 Å². The van der Waals surface area contributed by atoms with E-state index in [-0.39, 0.29) is 4.91 Å². The predicted molar refractivity (Wildman–Crippen MR) is 105 cm³/mol. The Labute approximate surface area is 160 Å². The number of methoxy groups -OCH3 is 2. The first-order valence-electron chi connectivity index (χ1n) is 9.08. The van der Waals surface area contributed by atoms with Crippen molar-refractivity contribution in [2.45, 2.75) is 32.6 Å². The summed E-state index contributed by atoms with van der Waals surface area (Å²) in [5, 5.41) is 0. The van der Waals surface area contributed by atoms with Gasteiger partial charge in [-0.25, -0.2) is 8.42 Å². The first-order chi connectivity index (χ1) is 12.8. The number of hydrogen-bond donors (Lipinski definition) is 0. The lowest BCUT2D eigenvalue weighted by atomic mass is 10.0. The summed E-state index contributed by atoms with van der Waals surface area (Å²) in [5.41, 5.74) is 1.57. The number of carbonyl (C=O) groups excluding carboxylic acids is 1. The molecule has 27 heavy (non-hydrogen) atoms. The standard InChI is InChI=1S/C19H26N2O5S/c1-13-14-11-16(25-3)17(26-4)12-15(14)20(2)27(23,24)18(13)19(22)21-9-7-5-6-8-10-21/h11-12H,5-10H2,1-4H3. The van der Waals surface area contributed by atoms with Gasteiger partial charge in [0.25, 0.3) is 15.9 Å². The van der Waals surface area contributed by atoms with Gasteiger partial charge in [-0.3, -0.25) is 9.10 Å². The maximum atomic E-state index is 13.2. The molecule has 0 bridgehead atoms. The molecule has 0 N–H and O–H groups in total. The Morgan fingerprint density at radius 2 is 1.56 bits per heavy atom. The average molecular weight is 394 g/mol. The molecule has 8 heteroatoms. The van der Waals surface area contributed by atoms with Crippen LogP contribution in [0.15, 0.2) is 17.0 Å². The van der Waals surface area contributed by atoms with Gasteiger partial charge in [-0.1, -0.05) is 12.8 Å². The molecule has 2 aliphatic heterocycles. The minimum atomic E-state index is -3.94. The largest absolute Gasteiger partial charge is 0.493 e. The summed E-state index contributed by atoms with van der Waals surface area (Å²) in [6.07, 6.45) is 3.92. The van der Waals surface area contributed by atoms with Crippen LogP contribution in [0.3, 0.4) is 0 Å². The van der Waals surface area contributed by atoms with Gasteiger partial charge in [-0.2, -0.15) is 0 Å². The van der Waals surface area contributed by atoms with Crippen LogP contribution in [0.5, 0.6) is 11.5 Å². The number of amides is 1. The van der Waals surface area contributed by atoms with Crippen molar-refractivity contribution in [2.24, 2.45) is 0 Å². The summed E-state index contributed by atoms with van der Waals surface area (Å²) in [4.78, 5) is 14.7. The highest BCUT2D eigenvalue weighted by Crippen LogP contribution is 2.44. The van der Waals surface area contributed by atoms with Crippen molar-refractivity contribution in [1.29, 1.82) is 0 Å². The van der Waals surface area contributed by atoms with E-state index in [1.165, 1.54) is 21.3 Å². The number of allylic oxidation sites excluding steroid dienone is 1. The molecule has 1 saturated heterocycles. The summed E-state index contributed by atoms with van der Waals surface area (Å²) in [5.74, 6) is 0.514. The topological polar surface area (TPSA) is 76.1 Å². The van der Waals surface area contributed by atoms with E-state index in [1.54, 1.807) is 24.0 Å². The predicted octanol–water partition coefficient (Wildman–Crippen LogP) is 2.62. The zero-order chi connectivity index (χ0) is 19.8. The molecule has 7 nitrogen and oxygen atoms in total. The summed E-state index contributed by atoms with van der Waals surface area (Å²) in [6.45, 7) is 2.86. The number of nitrogens with zero attached hydrogens (tertiary/aromatic N) is 2. The van der Waals surface area contributed by atoms with Crippen LogP contribution < -0.4 is 13.8 Å². The zero-order valence-electron chi connectivity index (χ0n) is 16.2. The van der Waals surface area contributed by atoms with E-state index in [2.05, 4.69) is 0 Å². The molecule has 0 atom stereocenters. The number of likely N-dealkylation sites (tertiary alicyclic amines) is 1. The van der Waals surface area contributed by atoms with Crippen molar-refractivity contribution in [2.75, 3.05) is 38.7 Å². The van der Waals surface area contributed by atoms with Crippen molar-refractivity contribution in [3.05, 3.63) is 22.6 Å². The van der Waals surface area contributed by atoms with Crippen LogP contribution in [0.4, 0.5) is 5.69 Å². The van der Waals surface area contributed by atoms with Gasteiger partial charge in [0.2, 0.25) is 0 Å². The zero-order valence-corrected chi connectivity index (χ0v) is 17.1. The number of rotatable bonds is 3. The lowest BCUT2D eigenvalue weighted by molar-refractivity contribution is -0.126. The number of anilines is 1. The van der Waals surface area contributed by atoms with Crippen molar-refractivity contribution in [1.82, 2.24) is 4.90 Å². The molecule has 0 unspecified atom stereocenters. The van der Waals surface area contributed by atoms with Crippen molar-refractivity contribution in [3.8, 4) is 11.5 Å². The van der Waals surface area contributed by atoms with Crippen LogP contribution in [0.1, 0.15) is 38.2 Å². The van der Waals surface area contributed by atoms with Crippen molar-refractivity contribution >= 4 is 27.2 Å². The molecule has 1 fully saturated rings. The number of ether oxygens (including phenoxy) is 2. The van der Waals surface area contributed by atoms with Gasteiger partial charge < -0.3 is 14.4 Å². The fourth-order valence-electron chi connectivity index (χ4n) is 3.70. The molecule has 1 aromatic carbocycles. The van der Waals surface area contributed by atoms with Gasteiger partial charge in [0.1, 0.15) is 0 Å². The summed E-state index contributed by atoms with van der Waals surface area (Å²) in [6, 6.07) is 3.35. The van der Waals surface area contributed by atoms with Gasteiger partial charge >= 0.3 is 0 Å². The minimum Gasteiger partial charge on any atom is -0.493 e. The Kier molecular flexibility index (Phi) is 5.37. The fraction of sp³-hybridized carbons (Fsp3) is 0.526. The lowest BCUT2D eigenvalue weighted by Gasteiger charge is -2.32. The van der Waals surface area contributed by atoms with E-state index in [1.807, 2.05) is 0 Å². The molecule has 0 aromatic heterocycles. The Morgan fingerprint density at radius 1 is 1.00 bits per heavy atom. The van der Waals surface area contributed by atoms with Gasteiger partial charge in [0.15, 0.2) is 16.4 Å². The van der Waals surface area contributed by atoms with Crippen LogP contribution >= 0.6 is 0 Å². The second-order valence-corrected chi connectivity index (χ2v) is 8.76. The molecule has 3 rings (SSSR count). The Hall–Kier alpha value is -2.22. The number of fused-ring (bicyclic) bond motifs is 1. The smallest absolute Gasteiger partial charge is 0.269 e. The SMILES string of the molecule is COc1cc2c(cc1OC)N(C)S(=O)(=O)C(C(=O)N1CCCCCC1)=C2C. The number of carbonyl (C=O) groups is 1. The Balaban J connectivity index is 2.16. The maximum Gasteiger partial charge on any atom is 0.269 e.